The van der Waals surface area contributed by atoms with Gasteiger partial charge in [0.1, 0.15) is 6.10 Å². The maximum Gasteiger partial charge on any atom is 0.305 e. The van der Waals surface area contributed by atoms with Crippen LogP contribution in [0.15, 0.2) is 61.1 Å². The molecule has 1 amide bonds. The van der Waals surface area contributed by atoms with E-state index in [1.54, 1.807) is 20.2 Å². The van der Waals surface area contributed by atoms with Crippen molar-refractivity contribution in [2.75, 3.05) is 13.1 Å². The van der Waals surface area contributed by atoms with Crippen LogP contribution < -0.4 is 0 Å². The molecular weight excluding hydrogens is 502 g/mol. The van der Waals surface area contributed by atoms with E-state index in [9.17, 15) is 9.59 Å². The Balaban J connectivity index is 1.50. The van der Waals surface area contributed by atoms with Crippen LogP contribution in [0.4, 0.5) is 0 Å². The number of halogens is 1. The maximum atomic E-state index is 12.6. The Morgan fingerprint density at radius 2 is 1.97 bits per heavy atom. The molecule has 2 heterocycles. The summed E-state index contributed by atoms with van der Waals surface area (Å²) in [6.07, 6.45) is 4.39. The van der Waals surface area contributed by atoms with Gasteiger partial charge in [0.25, 0.3) is 0 Å². The van der Waals surface area contributed by atoms with Crippen LogP contribution in [0.25, 0.3) is 0 Å². The number of hydrogen-bond donors (Lipinski definition) is 0. The number of aromatic nitrogens is 2. The van der Waals surface area contributed by atoms with Gasteiger partial charge in [-0.05, 0) is 35.4 Å². The molecule has 9 heteroatoms. The molecule has 0 N–H and O–H groups in total. The lowest BCUT2D eigenvalue weighted by Gasteiger charge is -2.30. The predicted octanol–water partition coefficient (Wildman–Crippen LogP) is 4.40. The van der Waals surface area contributed by atoms with Gasteiger partial charge >= 0.3 is 5.97 Å². The van der Waals surface area contributed by atoms with E-state index in [1.165, 1.54) is 0 Å². The number of carbonyl (C=O) groups excluding carboxylic acids is 2. The zero-order chi connectivity index (χ0) is 27.1. The second kappa shape index (κ2) is 12.7. The largest absolute Gasteiger partial charge is 0.461 e. The van der Waals surface area contributed by atoms with Crippen molar-refractivity contribution in [1.82, 2.24) is 19.4 Å². The van der Waals surface area contributed by atoms with Crippen molar-refractivity contribution in [2.24, 2.45) is 0 Å². The van der Waals surface area contributed by atoms with E-state index in [-0.39, 0.29) is 24.0 Å². The highest BCUT2D eigenvalue weighted by Crippen LogP contribution is 2.25. The van der Waals surface area contributed by atoms with Gasteiger partial charge in [-0.3, -0.25) is 14.5 Å². The predicted molar refractivity (Wildman–Crippen MR) is 144 cm³/mol. The number of ether oxygens (including phenoxy) is 1. The van der Waals surface area contributed by atoms with Crippen LogP contribution >= 0.6 is 11.6 Å². The van der Waals surface area contributed by atoms with E-state index in [0.29, 0.717) is 56.2 Å². The molecule has 2 atom stereocenters. The lowest BCUT2D eigenvalue weighted by Crippen LogP contribution is -2.42. The van der Waals surface area contributed by atoms with Crippen molar-refractivity contribution in [3.8, 4) is 6.07 Å². The number of esters is 1. The summed E-state index contributed by atoms with van der Waals surface area (Å²) in [6.45, 7) is 6.14. The molecule has 8 nitrogen and oxygen atoms in total. The fraction of sp³-hybridized carbons (Fsp3) is 0.379. The van der Waals surface area contributed by atoms with Gasteiger partial charge in [-0.2, -0.15) is 5.26 Å². The standard InChI is InChI=1S/C29H32ClN5O3/c1-3-29(37)38-28-12-26(17-33(21(2)36)16-24-5-4-6-25(30)11-24)34(19-28)18-27-14-32-20-35(27)15-23-9-7-22(13-31)8-10-23/h4-11,14,20,26,28H,3,12,15-19H2,1-2H3/t26-,28+/m0/s1. The van der Waals surface area contributed by atoms with E-state index in [1.807, 2.05) is 59.6 Å². The van der Waals surface area contributed by atoms with Crippen LogP contribution in [-0.2, 0) is 34.0 Å². The summed E-state index contributed by atoms with van der Waals surface area (Å²) in [4.78, 5) is 33.1. The smallest absolute Gasteiger partial charge is 0.305 e. The normalized spacial score (nSPS) is 17.2. The maximum absolute atomic E-state index is 12.6. The number of hydrogen-bond acceptors (Lipinski definition) is 6. The van der Waals surface area contributed by atoms with Crippen molar-refractivity contribution in [1.29, 1.82) is 5.26 Å². The van der Waals surface area contributed by atoms with Gasteiger partial charge in [-0.15, -0.1) is 0 Å². The van der Waals surface area contributed by atoms with E-state index in [0.717, 1.165) is 16.8 Å². The Kier molecular flexibility index (Phi) is 9.16. The van der Waals surface area contributed by atoms with Crippen LogP contribution in [0.5, 0.6) is 0 Å². The molecular formula is C29H32ClN5O3. The molecule has 0 spiro atoms. The quantitative estimate of drug-likeness (QED) is 0.359. The Hall–Kier alpha value is -3.67. The first kappa shape index (κ1) is 27.4. The zero-order valence-corrected chi connectivity index (χ0v) is 22.5. The molecule has 1 saturated heterocycles. The van der Waals surface area contributed by atoms with Crippen molar-refractivity contribution >= 4 is 23.5 Å². The van der Waals surface area contributed by atoms with E-state index >= 15 is 0 Å². The third-order valence-electron chi connectivity index (χ3n) is 6.81. The fourth-order valence-electron chi connectivity index (χ4n) is 4.80. The first-order valence-corrected chi connectivity index (χ1v) is 13.1. The van der Waals surface area contributed by atoms with Gasteiger partial charge in [0.2, 0.25) is 5.91 Å². The van der Waals surface area contributed by atoms with Gasteiger partial charge in [0, 0.05) is 69.8 Å². The molecule has 0 aliphatic carbocycles. The molecule has 1 fully saturated rings. The van der Waals surface area contributed by atoms with E-state index in [2.05, 4.69) is 20.5 Å². The number of benzene rings is 2. The summed E-state index contributed by atoms with van der Waals surface area (Å²) in [7, 11) is 0. The molecule has 0 unspecified atom stereocenters. The number of nitriles is 1. The number of imidazole rings is 1. The van der Waals surface area contributed by atoms with E-state index in [4.69, 9.17) is 21.6 Å². The number of likely N-dealkylation sites (tertiary alicyclic amines) is 1. The van der Waals surface area contributed by atoms with Gasteiger partial charge in [-0.1, -0.05) is 42.8 Å². The summed E-state index contributed by atoms with van der Waals surface area (Å²) in [5, 5.41) is 9.70. The van der Waals surface area contributed by atoms with Crippen LogP contribution in [0.2, 0.25) is 5.02 Å². The monoisotopic (exact) mass is 533 g/mol. The average molecular weight is 534 g/mol. The molecule has 0 saturated carbocycles. The average Bonchev–Trinajstić information content (AvgIpc) is 3.50. The molecule has 1 aromatic heterocycles. The number of amides is 1. The summed E-state index contributed by atoms with van der Waals surface area (Å²) in [5.74, 6) is -0.242. The second-order valence-electron chi connectivity index (χ2n) is 9.64. The van der Waals surface area contributed by atoms with Crippen molar-refractivity contribution < 1.29 is 14.3 Å². The Bertz CT molecular complexity index is 1300. The minimum atomic E-state index is -0.234. The van der Waals surface area contributed by atoms with E-state index < -0.39 is 0 Å². The van der Waals surface area contributed by atoms with Crippen LogP contribution in [-0.4, -0.2) is 56.5 Å². The van der Waals surface area contributed by atoms with Gasteiger partial charge < -0.3 is 14.2 Å². The Morgan fingerprint density at radius 3 is 2.66 bits per heavy atom. The summed E-state index contributed by atoms with van der Waals surface area (Å²) < 4.78 is 7.80. The number of carbonyl (C=O) groups is 2. The van der Waals surface area contributed by atoms with Gasteiger partial charge in [-0.25, -0.2) is 4.98 Å². The topological polar surface area (TPSA) is 91.5 Å². The second-order valence-corrected chi connectivity index (χ2v) is 10.1. The summed E-state index contributed by atoms with van der Waals surface area (Å²) >= 11 is 6.17. The molecule has 0 radical (unpaired) electrons. The summed E-state index contributed by atoms with van der Waals surface area (Å²) in [6, 6.07) is 17.2. The first-order chi connectivity index (χ1) is 18.3. The molecule has 2 aromatic carbocycles. The zero-order valence-electron chi connectivity index (χ0n) is 21.7. The highest BCUT2D eigenvalue weighted by atomic mass is 35.5. The number of nitrogens with zero attached hydrogens (tertiary/aromatic N) is 5. The van der Waals surface area contributed by atoms with Crippen LogP contribution in [0, 0.1) is 11.3 Å². The van der Waals surface area contributed by atoms with Crippen molar-refractivity contribution in [2.45, 2.75) is 58.5 Å². The highest BCUT2D eigenvalue weighted by molar-refractivity contribution is 6.30. The molecule has 1 aliphatic rings. The Morgan fingerprint density at radius 1 is 1.18 bits per heavy atom. The molecule has 198 valence electrons. The van der Waals surface area contributed by atoms with Crippen LogP contribution in [0.1, 0.15) is 49.1 Å². The molecule has 3 aromatic rings. The lowest BCUT2D eigenvalue weighted by molar-refractivity contribution is -0.148. The summed E-state index contributed by atoms with van der Waals surface area (Å²) in [5.41, 5.74) is 3.68. The molecule has 1 aliphatic heterocycles. The minimum absolute atomic E-state index is 0.00556. The van der Waals surface area contributed by atoms with Gasteiger partial charge in [0.15, 0.2) is 0 Å². The third-order valence-corrected chi connectivity index (χ3v) is 7.05. The third kappa shape index (κ3) is 7.21. The van der Waals surface area contributed by atoms with Crippen LogP contribution in [0.3, 0.4) is 0 Å². The molecule has 4 rings (SSSR count). The minimum Gasteiger partial charge on any atom is -0.461 e. The van der Waals surface area contributed by atoms with Gasteiger partial charge in [0.05, 0.1) is 23.7 Å². The Labute approximate surface area is 228 Å². The first-order valence-electron chi connectivity index (χ1n) is 12.8. The molecule has 38 heavy (non-hydrogen) atoms. The van der Waals surface area contributed by atoms with Crippen molar-refractivity contribution in [3.05, 3.63) is 88.5 Å². The fourth-order valence-corrected chi connectivity index (χ4v) is 5.02. The highest BCUT2D eigenvalue weighted by Gasteiger charge is 2.36. The number of rotatable bonds is 10. The SMILES string of the molecule is CCC(=O)O[C@@H]1C[C@@H](CN(Cc2cccc(Cl)c2)C(C)=O)N(Cc2cncn2Cc2ccc(C#N)cc2)C1. The molecule has 0 bridgehead atoms. The lowest BCUT2D eigenvalue weighted by atomic mass is 10.1. The van der Waals surface area contributed by atoms with Crippen molar-refractivity contribution in [3.63, 3.8) is 0 Å².